The maximum Gasteiger partial charge on any atom is 0.307 e. The van der Waals surface area contributed by atoms with Crippen molar-refractivity contribution in [3.05, 3.63) is 28.8 Å². The molecule has 3 rings (SSSR count). The maximum absolute atomic E-state index is 11.0. The van der Waals surface area contributed by atoms with Gasteiger partial charge in [0.05, 0.1) is 6.42 Å². The summed E-state index contributed by atoms with van der Waals surface area (Å²) in [6.07, 6.45) is 5.38. The zero-order valence-electron chi connectivity index (χ0n) is 11.5. The molecule has 1 saturated carbocycles. The summed E-state index contributed by atoms with van der Waals surface area (Å²) in [6.45, 7) is 2.14. The number of anilines is 1. The van der Waals surface area contributed by atoms with Gasteiger partial charge in [-0.2, -0.15) is 0 Å². The van der Waals surface area contributed by atoms with Crippen molar-refractivity contribution in [2.24, 2.45) is 11.8 Å². The molecule has 0 radical (unpaired) electrons. The van der Waals surface area contributed by atoms with Crippen molar-refractivity contribution >= 4 is 23.3 Å². The van der Waals surface area contributed by atoms with Crippen LogP contribution in [0.15, 0.2) is 18.2 Å². The Balaban J connectivity index is 1.84. The Morgan fingerprint density at radius 2 is 1.90 bits per heavy atom. The Labute approximate surface area is 124 Å². The summed E-state index contributed by atoms with van der Waals surface area (Å²) in [5, 5.41) is 9.68. The zero-order chi connectivity index (χ0) is 14.1. The number of fused-ring (bicyclic) bond motifs is 1. The highest BCUT2D eigenvalue weighted by Gasteiger charge is 2.35. The van der Waals surface area contributed by atoms with Gasteiger partial charge in [-0.05, 0) is 48.4 Å². The van der Waals surface area contributed by atoms with Crippen molar-refractivity contribution in [1.29, 1.82) is 0 Å². The number of rotatable bonds is 3. The van der Waals surface area contributed by atoms with Crippen molar-refractivity contribution in [2.75, 3.05) is 18.0 Å². The molecule has 2 aliphatic rings. The Kier molecular flexibility index (Phi) is 3.88. The molecule has 0 spiro atoms. The van der Waals surface area contributed by atoms with Crippen molar-refractivity contribution in [1.82, 2.24) is 0 Å². The van der Waals surface area contributed by atoms with E-state index in [0.717, 1.165) is 36.2 Å². The minimum absolute atomic E-state index is 0.0434. The van der Waals surface area contributed by atoms with Crippen molar-refractivity contribution in [3.63, 3.8) is 0 Å². The molecule has 1 saturated heterocycles. The lowest BCUT2D eigenvalue weighted by Gasteiger charge is -2.22. The van der Waals surface area contributed by atoms with Crippen molar-refractivity contribution in [2.45, 2.75) is 32.1 Å². The molecule has 0 aromatic heterocycles. The fraction of sp³-hybridized carbons (Fsp3) is 0.562. The molecule has 0 bridgehead atoms. The van der Waals surface area contributed by atoms with Gasteiger partial charge in [-0.25, -0.2) is 0 Å². The molecule has 108 valence electrons. The van der Waals surface area contributed by atoms with E-state index in [9.17, 15) is 4.79 Å². The molecule has 2 unspecified atom stereocenters. The molecule has 1 aliphatic carbocycles. The predicted molar refractivity (Wildman–Crippen MR) is 80.5 cm³/mol. The van der Waals surface area contributed by atoms with Gasteiger partial charge in [-0.1, -0.05) is 24.4 Å². The van der Waals surface area contributed by atoms with E-state index >= 15 is 0 Å². The highest BCUT2D eigenvalue weighted by molar-refractivity contribution is 6.30. The number of carboxylic acid groups (broad SMARTS) is 1. The van der Waals surface area contributed by atoms with Gasteiger partial charge in [0.15, 0.2) is 0 Å². The third-order valence-electron chi connectivity index (χ3n) is 4.70. The van der Waals surface area contributed by atoms with Crippen LogP contribution >= 0.6 is 11.6 Å². The summed E-state index contributed by atoms with van der Waals surface area (Å²) in [5.41, 5.74) is 1.90. The van der Waals surface area contributed by atoms with E-state index in [4.69, 9.17) is 16.7 Å². The summed E-state index contributed by atoms with van der Waals surface area (Å²) < 4.78 is 0. The number of hydrogen-bond donors (Lipinski definition) is 1. The van der Waals surface area contributed by atoms with Crippen LogP contribution in [0.5, 0.6) is 0 Å². The standard InChI is InChI=1S/C16H20ClNO2/c17-14-5-6-15(13(7-14)8-16(19)20)18-9-11-3-1-2-4-12(11)10-18/h5-7,11-12H,1-4,8-10H2,(H,19,20). The number of hydrogen-bond acceptors (Lipinski definition) is 2. The smallest absolute Gasteiger partial charge is 0.307 e. The molecule has 2 fully saturated rings. The first kappa shape index (κ1) is 13.7. The van der Waals surface area contributed by atoms with E-state index in [0.29, 0.717) is 5.02 Å². The normalized spacial score (nSPS) is 25.6. The predicted octanol–water partition coefficient (Wildman–Crippen LogP) is 3.59. The Hall–Kier alpha value is -1.22. The summed E-state index contributed by atoms with van der Waals surface area (Å²) in [5.74, 6) is 0.777. The van der Waals surface area contributed by atoms with Gasteiger partial charge in [0.25, 0.3) is 0 Å². The van der Waals surface area contributed by atoms with Crippen LogP contribution in [-0.2, 0) is 11.2 Å². The second-order valence-corrected chi connectivity index (χ2v) is 6.49. The number of benzene rings is 1. The largest absolute Gasteiger partial charge is 0.481 e. The topological polar surface area (TPSA) is 40.5 Å². The van der Waals surface area contributed by atoms with Gasteiger partial charge < -0.3 is 10.0 Å². The van der Waals surface area contributed by atoms with Crippen LogP contribution in [0, 0.1) is 11.8 Å². The molecular formula is C16H20ClNO2. The van der Waals surface area contributed by atoms with Gasteiger partial charge in [0, 0.05) is 23.8 Å². The monoisotopic (exact) mass is 293 g/mol. The third-order valence-corrected chi connectivity index (χ3v) is 4.94. The lowest BCUT2D eigenvalue weighted by molar-refractivity contribution is -0.136. The molecular weight excluding hydrogens is 274 g/mol. The van der Waals surface area contributed by atoms with E-state index in [1.165, 1.54) is 25.7 Å². The number of carbonyl (C=O) groups is 1. The molecule has 1 aromatic carbocycles. The van der Waals surface area contributed by atoms with Gasteiger partial charge in [0.2, 0.25) is 0 Å². The average molecular weight is 294 g/mol. The molecule has 0 amide bonds. The van der Waals surface area contributed by atoms with Crippen LogP contribution < -0.4 is 4.90 Å². The molecule has 1 heterocycles. The molecule has 4 heteroatoms. The van der Waals surface area contributed by atoms with E-state index in [1.54, 1.807) is 6.07 Å². The molecule has 1 aliphatic heterocycles. The Morgan fingerprint density at radius 3 is 2.50 bits per heavy atom. The Bertz CT molecular complexity index is 503. The number of halogens is 1. The van der Waals surface area contributed by atoms with E-state index in [2.05, 4.69) is 4.90 Å². The zero-order valence-corrected chi connectivity index (χ0v) is 12.3. The second kappa shape index (κ2) is 5.65. The summed E-state index contributed by atoms with van der Waals surface area (Å²) in [4.78, 5) is 13.4. The number of nitrogens with zero attached hydrogens (tertiary/aromatic N) is 1. The summed E-state index contributed by atoms with van der Waals surface area (Å²) in [6, 6.07) is 5.65. The fourth-order valence-electron chi connectivity index (χ4n) is 3.77. The first-order chi connectivity index (χ1) is 9.63. The lowest BCUT2D eigenvalue weighted by atomic mass is 9.82. The number of aliphatic carboxylic acids is 1. The first-order valence-electron chi connectivity index (χ1n) is 7.38. The Morgan fingerprint density at radius 1 is 1.25 bits per heavy atom. The molecule has 3 nitrogen and oxygen atoms in total. The summed E-state index contributed by atoms with van der Waals surface area (Å²) >= 11 is 6.02. The highest BCUT2D eigenvalue weighted by atomic mass is 35.5. The highest BCUT2D eigenvalue weighted by Crippen LogP contribution is 2.39. The SMILES string of the molecule is O=C(O)Cc1cc(Cl)ccc1N1CC2CCCCC2C1. The van der Waals surface area contributed by atoms with Gasteiger partial charge >= 0.3 is 5.97 Å². The van der Waals surface area contributed by atoms with Gasteiger partial charge in [-0.3, -0.25) is 4.79 Å². The third kappa shape index (κ3) is 2.78. The van der Waals surface area contributed by atoms with Gasteiger partial charge in [0.1, 0.15) is 0 Å². The second-order valence-electron chi connectivity index (χ2n) is 6.05. The molecule has 1 aromatic rings. The minimum Gasteiger partial charge on any atom is -0.481 e. The molecule has 20 heavy (non-hydrogen) atoms. The summed E-state index contributed by atoms with van der Waals surface area (Å²) in [7, 11) is 0. The van der Waals surface area contributed by atoms with Crippen LogP contribution in [0.25, 0.3) is 0 Å². The maximum atomic E-state index is 11.0. The van der Waals surface area contributed by atoms with Crippen LogP contribution in [0.4, 0.5) is 5.69 Å². The first-order valence-corrected chi connectivity index (χ1v) is 7.76. The van der Waals surface area contributed by atoms with Crippen LogP contribution in [0.1, 0.15) is 31.2 Å². The van der Waals surface area contributed by atoms with Crippen molar-refractivity contribution in [3.8, 4) is 0 Å². The van der Waals surface area contributed by atoms with E-state index < -0.39 is 5.97 Å². The van der Waals surface area contributed by atoms with Gasteiger partial charge in [-0.15, -0.1) is 0 Å². The quantitative estimate of drug-likeness (QED) is 0.926. The lowest BCUT2D eigenvalue weighted by Crippen LogP contribution is -2.22. The minimum atomic E-state index is -0.801. The van der Waals surface area contributed by atoms with E-state index in [1.807, 2.05) is 12.1 Å². The van der Waals surface area contributed by atoms with Crippen molar-refractivity contribution < 1.29 is 9.90 Å². The molecule has 1 N–H and O–H groups in total. The molecule has 2 atom stereocenters. The number of carboxylic acids is 1. The van der Waals surface area contributed by atoms with Crippen LogP contribution in [-0.4, -0.2) is 24.2 Å². The van der Waals surface area contributed by atoms with Crippen LogP contribution in [0.2, 0.25) is 5.02 Å². The van der Waals surface area contributed by atoms with E-state index in [-0.39, 0.29) is 6.42 Å². The average Bonchev–Trinajstić information content (AvgIpc) is 2.81. The van der Waals surface area contributed by atoms with Crippen LogP contribution in [0.3, 0.4) is 0 Å². The fourth-order valence-corrected chi connectivity index (χ4v) is 3.96.